The molecule has 1 aromatic rings. The molecule has 0 aliphatic heterocycles. The van der Waals surface area contributed by atoms with Crippen molar-refractivity contribution in [2.24, 2.45) is 0 Å². The van der Waals surface area contributed by atoms with Crippen LogP contribution in [-0.2, 0) is 6.42 Å². The molecule has 1 N–H and O–H groups in total. The van der Waals surface area contributed by atoms with Gasteiger partial charge in [0.2, 0.25) is 0 Å². The van der Waals surface area contributed by atoms with E-state index in [9.17, 15) is 0 Å². The Kier molecular flexibility index (Phi) is 7.41. The molecule has 2 heteroatoms. The molecule has 0 aliphatic carbocycles. The van der Waals surface area contributed by atoms with Gasteiger partial charge in [-0.15, -0.1) is 0 Å². The van der Waals surface area contributed by atoms with Crippen LogP contribution in [0.5, 0.6) is 0 Å². The predicted molar refractivity (Wildman–Crippen MR) is 93.9 cm³/mol. The van der Waals surface area contributed by atoms with Gasteiger partial charge < -0.3 is 5.32 Å². The normalized spacial score (nSPS) is 13.7. The van der Waals surface area contributed by atoms with Crippen LogP contribution in [0.3, 0.4) is 0 Å². The Morgan fingerprint density at radius 3 is 2.19 bits per heavy atom. The van der Waals surface area contributed by atoms with Gasteiger partial charge in [0.1, 0.15) is 0 Å². The summed E-state index contributed by atoms with van der Waals surface area (Å²) in [7, 11) is 2.24. The van der Waals surface area contributed by atoms with E-state index in [-0.39, 0.29) is 5.54 Å². The van der Waals surface area contributed by atoms with Crippen molar-refractivity contribution >= 4 is 0 Å². The number of hydrogen-bond donors (Lipinski definition) is 1. The highest BCUT2D eigenvalue weighted by atomic mass is 15.2. The van der Waals surface area contributed by atoms with Gasteiger partial charge in [-0.25, -0.2) is 0 Å². The molecule has 0 heterocycles. The molecule has 0 amide bonds. The highest BCUT2D eigenvalue weighted by Gasteiger charge is 2.24. The summed E-state index contributed by atoms with van der Waals surface area (Å²) in [6.45, 7) is 13.5. The summed E-state index contributed by atoms with van der Waals surface area (Å²) in [5.41, 5.74) is 3.06. The first-order chi connectivity index (χ1) is 9.94. The summed E-state index contributed by atoms with van der Waals surface area (Å²) in [6.07, 6.45) is 3.44. The number of hydrogen-bond acceptors (Lipinski definition) is 2. The SMILES string of the molecule is CCCNC(CN(C)C(C)(C)CC)c1ccc(CC)cc1. The lowest BCUT2D eigenvalue weighted by Gasteiger charge is -2.37. The number of likely N-dealkylation sites (N-methyl/N-ethyl adjacent to an activating group) is 1. The minimum atomic E-state index is 0.246. The van der Waals surface area contributed by atoms with Crippen LogP contribution in [0.2, 0.25) is 0 Å². The average Bonchev–Trinajstić information content (AvgIpc) is 2.51. The summed E-state index contributed by atoms with van der Waals surface area (Å²) in [5, 5.41) is 3.71. The molecule has 0 radical (unpaired) electrons. The van der Waals surface area contributed by atoms with Gasteiger partial charge in [0, 0.05) is 18.1 Å². The van der Waals surface area contributed by atoms with Gasteiger partial charge >= 0.3 is 0 Å². The van der Waals surface area contributed by atoms with Crippen LogP contribution in [-0.4, -0.2) is 30.6 Å². The third-order valence-electron chi connectivity index (χ3n) is 4.79. The standard InChI is InChI=1S/C19H34N2/c1-7-14-20-18(15-21(6)19(4,5)9-3)17-12-10-16(8-2)11-13-17/h10-13,18,20H,7-9,14-15H2,1-6H3. The van der Waals surface area contributed by atoms with Crippen molar-refractivity contribution in [3.05, 3.63) is 35.4 Å². The molecule has 120 valence electrons. The van der Waals surface area contributed by atoms with E-state index in [0.717, 1.165) is 19.5 Å². The third-order valence-corrected chi connectivity index (χ3v) is 4.79. The first kappa shape index (κ1) is 18.2. The fraction of sp³-hybridized carbons (Fsp3) is 0.684. The van der Waals surface area contributed by atoms with Crippen molar-refractivity contribution in [2.45, 2.75) is 65.5 Å². The Labute approximate surface area is 131 Å². The molecule has 0 aromatic heterocycles. The minimum Gasteiger partial charge on any atom is -0.309 e. The van der Waals surface area contributed by atoms with E-state index in [1.807, 2.05) is 0 Å². The highest BCUT2D eigenvalue weighted by Crippen LogP contribution is 2.22. The number of nitrogens with zero attached hydrogens (tertiary/aromatic N) is 1. The summed E-state index contributed by atoms with van der Waals surface area (Å²) in [6, 6.07) is 9.52. The van der Waals surface area contributed by atoms with Crippen molar-refractivity contribution in [3.8, 4) is 0 Å². The van der Waals surface area contributed by atoms with Gasteiger partial charge in [0.05, 0.1) is 0 Å². The zero-order valence-electron chi connectivity index (χ0n) is 14.9. The topological polar surface area (TPSA) is 15.3 Å². The lowest BCUT2D eigenvalue weighted by Crippen LogP contribution is -2.45. The maximum atomic E-state index is 3.71. The van der Waals surface area contributed by atoms with Crippen molar-refractivity contribution in [1.82, 2.24) is 10.2 Å². The smallest absolute Gasteiger partial charge is 0.0449 e. The summed E-state index contributed by atoms with van der Waals surface area (Å²) >= 11 is 0. The van der Waals surface area contributed by atoms with Crippen LogP contribution in [0.4, 0.5) is 0 Å². The average molecular weight is 290 g/mol. The molecule has 0 saturated heterocycles. The molecule has 1 aromatic carbocycles. The fourth-order valence-corrected chi connectivity index (χ4v) is 2.38. The van der Waals surface area contributed by atoms with E-state index >= 15 is 0 Å². The molecular weight excluding hydrogens is 256 g/mol. The van der Waals surface area contributed by atoms with Crippen LogP contribution in [0, 0.1) is 0 Å². The van der Waals surface area contributed by atoms with Crippen LogP contribution in [0.15, 0.2) is 24.3 Å². The van der Waals surface area contributed by atoms with Crippen LogP contribution >= 0.6 is 0 Å². The van der Waals surface area contributed by atoms with E-state index < -0.39 is 0 Å². The maximum Gasteiger partial charge on any atom is 0.0449 e. The molecule has 0 fully saturated rings. The minimum absolute atomic E-state index is 0.246. The molecule has 0 aliphatic rings. The van der Waals surface area contributed by atoms with E-state index in [2.05, 4.69) is 76.1 Å². The first-order valence-corrected chi connectivity index (χ1v) is 8.48. The Balaban J connectivity index is 2.83. The summed E-state index contributed by atoms with van der Waals surface area (Å²) in [5.74, 6) is 0. The second kappa shape index (κ2) is 8.55. The quantitative estimate of drug-likeness (QED) is 0.724. The molecule has 0 bridgehead atoms. The number of nitrogens with one attached hydrogen (secondary N) is 1. The lowest BCUT2D eigenvalue weighted by atomic mass is 9.97. The van der Waals surface area contributed by atoms with Crippen LogP contribution in [0.25, 0.3) is 0 Å². The predicted octanol–water partition coefficient (Wildman–Crippen LogP) is 4.41. The second-order valence-corrected chi connectivity index (χ2v) is 6.65. The van der Waals surface area contributed by atoms with Gasteiger partial charge in [0.15, 0.2) is 0 Å². The van der Waals surface area contributed by atoms with E-state index in [1.165, 1.54) is 24.0 Å². The molecule has 1 unspecified atom stereocenters. The second-order valence-electron chi connectivity index (χ2n) is 6.65. The molecule has 0 saturated carbocycles. The zero-order chi connectivity index (χ0) is 15.9. The number of rotatable bonds is 9. The summed E-state index contributed by atoms with van der Waals surface area (Å²) in [4.78, 5) is 2.48. The van der Waals surface area contributed by atoms with Crippen molar-refractivity contribution in [1.29, 1.82) is 0 Å². The lowest BCUT2D eigenvalue weighted by molar-refractivity contribution is 0.135. The van der Waals surface area contributed by atoms with Crippen LogP contribution in [0.1, 0.15) is 64.6 Å². The monoisotopic (exact) mass is 290 g/mol. The molecule has 1 rings (SSSR count). The van der Waals surface area contributed by atoms with Gasteiger partial charge in [-0.3, -0.25) is 4.90 Å². The van der Waals surface area contributed by atoms with E-state index in [1.54, 1.807) is 0 Å². The van der Waals surface area contributed by atoms with Crippen molar-refractivity contribution < 1.29 is 0 Å². The number of benzene rings is 1. The Bertz CT molecular complexity index is 395. The summed E-state index contributed by atoms with van der Waals surface area (Å²) < 4.78 is 0. The van der Waals surface area contributed by atoms with Gasteiger partial charge in [0.25, 0.3) is 0 Å². The van der Waals surface area contributed by atoms with E-state index in [0.29, 0.717) is 6.04 Å². The third kappa shape index (κ3) is 5.44. The molecular formula is C19H34N2. The van der Waals surface area contributed by atoms with Crippen molar-refractivity contribution in [2.75, 3.05) is 20.1 Å². The maximum absolute atomic E-state index is 3.71. The first-order valence-electron chi connectivity index (χ1n) is 8.48. The largest absolute Gasteiger partial charge is 0.309 e. The van der Waals surface area contributed by atoms with Gasteiger partial charge in [-0.2, -0.15) is 0 Å². The van der Waals surface area contributed by atoms with Crippen molar-refractivity contribution in [3.63, 3.8) is 0 Å². The molecule has 2 nitrogen and oxygen atoms in total. The molecule has 1 atom stereocenters. The highest BCUT2D eigenvalue weighted by molar-refractivity contribution is 5.25. The Morgan fingerprint density at radius 1 is 1.10 bits per heavy atom. The molecule has 21 heavy (non-hydrogen) atoms. The molecule has 0 spiro atoms. The zero-order valence-corrected chi connectivity index (χ0v) is 14.9. The van der Waals surface area contributed by atoms with Gasteiger partial charge in [-0.05, 0) is 57.8 Å². The fourth-order valence-electron chi connectivity index (χ4n) is 2.38. The Morgan fingerprint density at radius 2 is 1.71 bits per heavy atom. The van der Waals surface area contributed by atoms with E-state index in [4.69, 9.17) is 0 Å². The van der Waals surface area contributed by atoms with Crippen LogP contribution < -0.4 is 5.32 Å². The number of aryl methyl sites for hydroxylation is 1. The Hall–Kier alpha value is -0.860. The van der Waals surface area contributed by atoms with Gasteiger partial charge in [-0.1, -0.05) is 45.0 Å².